The predicted octanol–water partition coefficient (Wildman–Crippen LogP) is 3.92. The van der Waals surface area contributed by atoms with Crippen LogP contribution in [0.2, 0.25) is 10.0 Å². The number of hydrogen-bond donors (Lipinski definition) is 2. The van der Waals surface area contributed by atoms with Crippen LogP contribution in [0.4, 0.5) is 11.4 Å². The lowest BCUT2D eigenvalue weighted by Crippen LogP contribution is -1.92. The van der Waals surface area contributed by atoms with E-state index in [9.17, 15) is 25.3 Å². The maximum atomic E-state index is 10.4. The molecule has 0 aromatic heterocycles. The van der Waals surface area contributed by atoms with Crippen molar-refractivity contribution in [2.24, 2.45) is 0 Å². The average molecular weight is 407 g/mol. The molecule has 0 amide bonds. The zero-order valence-corrected chi connectivity index (χ0v) is 14.8. The van der Waals surface area contributed by atoms with E-state index >= 15 is 0 Å². The van der Waals surface area contributed by atoms with Gasteiger partial charge in [-0.2, -0.15) is 0 Å². The normalized spacial score (nSPS) is 9.69. The van der Waals surface area contributed by atoms with Crippen molar-refractivity contribution in [1.82, 2.24) is 0 Å². The highest BCUT2D eigenvalue weighted by atomic mass is 35.5. The van der Waals surface area contributed by atoms with Gasteiger partial charge >= 0.3 is 11.4 Å². The molecule has 12 heteroatoms. The third-order valence-electron chi connectivity index (χ3n) is 2.91. The van der Waals surface area contributed by atoms with Gasteiger partial charge in [-0.1, -0.05) is 23.2 Å². The van der Waals surface area contributed by atoms with Gasteiger partial charge in [-0.3, -0.25) is 20.2 Å². The Kier molecular flexibility index (Phi) is 7.23. The quantitative estimate of drug-likeness (QED) is 0.573. The molecule has 140 valence electrons. The van der Waals surface area contributed by atoms with Crippen LogP contribution in [0.3, 0.4) is 0 Å². The zero-order chi connectivity index (χ0) is 20.0. The molecule has 0 heterocycles. The first-order valence-corrected chi connectivity index (χ1v) is 7.30. The first-order valence-electron chi connectivity index (χ1n) is 6.54. The molecular weight excluding hydrogens is 395 g/mol. The highest BCUT2D eigenvalue weighted by Gasteiger charge is 2.23. The molecule has 0 atom stereocenters. The van der Waals surface area contributed by atoms with Gasteiger partial charge in [0.05, 0.1) is 29.1 Å². The molecule has 2 N–H and O–H groups in total. The average Bonchev–Trinajstić information content (AvgIpc) is 2.58. The monoisotopic (exact) mass is 406 g/mol. The summed E-state index contributed by atoms with van der Waals surface area (Å²) in [5, 5.41) is 38.7. The van der Waals surface area contributed by atoms with Crippen LogP contribution < -0.4 is 9.47 Å². The predicted molar refractivity (Wildman–Crippen MR) is 92.6 cm³/mol. The van der Waals surface area contributed by atoms with Crippen LogP contribution in [0.1, 0.15) is 0 Å². The van der Waals surface area contributed by atoms with Gasteiger partial charge in [0.25, 0.3) is 0 Å². The SMILES string of the molecule is COc1c(Cl)cc([N+](=O)[O-])c(O)c1Cl.COc1ccc([N+](=O)[O-])c(O)c1. The van der Waals surface area contributed by atoms with Crippen molar-refractivity contribution < 1.29 is 29.5 Å². The Bertz CT molecular complexity index is 844. The summed E-state index contributed by atoms with van der Waals surface area (Å²) in [6.07, 6.45) is 0. The van der Waals surface area contributed by atoms with Gasteiger partial charge < -0.3 is 19.7 Å². The summed E-state index contributed by atoms with van der Waals surface area (Å²) in [7, 11) is 2.71. The number of halogens is 2. The van der Waals surface area contributed by atoms with Gasteiger partial charge in [-0.05, 0) is 6.07 Å². The molecule has 0 aliphatic heterocycles. The number of benzene rings is 2. The number of phenolic OH excluding ortho intramolecular Hbond substituents is 2. The molecule has 0 radical (unpaired) electrons. The van der Waals surface area contributed by atoms with Crippen molar-refractivity contribution in [3.63, 3.8) is 0 Å². The molecule has 0 bridgehead atoms. The Morgan fingerprint density at radius 1 is 0.962 bits per heavy atom. The second-order valence-corrected chi connectivity index (χ2v) is 5.23. The Hall–Kier alpha value is -2.98. The molecule has 10 nitrogen and oxygen atoms in total. The van der Waals surface area contributed by atoms with E-state index in [2.05, 4.69) is 0 Å². The van der Waals surface area contributed by atoms with Crippen LogP contribution in [0.25, 0.3) is 0 Å². The van der Waals surface area contributed by atoms with Gasteiger partial charge in [-0.25, -0.2) is 0 Å². The summed E-state index contributed by atoms with van der Waals surface area (Å²) in [4.78, 5) is 19.2. The number of nitro groups is 2. The van der Waals surface area contributed by atoms with Crippen LogP contribution in [0, 0.1) is 20.2 Å². The second-order valence-electron chi connectivity index (χ2n) is 4.44. The topological polar surface area (TPSA) is 145 Å². The first-order chi connectivity index (χ1) is 12.1. The summed E-state index contributed by atoms with van der Waals surface area (Å²) in [6.45, 7) is 0. The fourth-order valence-corrected chi connectivity index (χ4v) is 2.29. The fraction of sp³-hybridized carbons (Fsp3) is 0.143. The largest absolute Gasteiger partial charge is 0.502 e. The number of methoxy groups -OCH3 is 2. The van der Waals surface area contributed by atoms with Gasteiger partial charge in [0.2, 0.25) is 5.75 Å². The van der Waals surface area contributed by atoms with Crippen molar-refractivity contribution in [3.05, 3.63) is 54.5 Å². The van der Waals surface area contributed by atoms with E-state index in [1.54, 1.807) is 0 Å². The lowest BCUT2D eigenvalue weighted by atomic mass is 10.3. The molecule has 2 aromatic rings. The lowest BCUT2D eigenvalue weighted by molar-refractivity contribution is -0.386. The fourth-order valence-electron chi connectivity index (χ4n) is 1.69. The highest BCUT2D eigenvalue weighted by Crippen LogP contribution is 2.44. The number of phenols is 2. The maximum Gasteiger partial charge on any atom is 0.314 e. The number of ether oxygens (including phenoxy) is 2. The minimum atomic E-state index is -0.785. The van der Waals surface area contributed by atoms with Crippen molar-refractivity contribution >= 4 is 34.6 Å². The Balaban J connectivity index is 0.000000263. The number of hydrogen-bond acceptors (Lipinski definition) is 8. The summed E-state index contributed by atoms with van der Waals surface area (Å²) in [5.74, 6) is -0.646. The highest BCUT2D eigenvalue weighted by molar-refractivity contribution is 6.38. The minimum absolute atomic E-state index is 0.0106. The number of rotatable bonds is 4. The van der Waals surface area contributed by atoms with Crippen molar-refractivity contribution in [1.29, 1.82) is 0 Å². The van der Waals surface area contributed by atoms with Crippen LogP contribution in [0.5, 0.6) is 23.0 Å². The first kappa shape index (κ1) is 21.1. The second kappa shape index (κ2) is 8.92. The Morgan fingerprint density at radius 2 is 1.54 bits per heavy atom. The smallest absolute Gasteiger partial charge is 0.314 e. The number of nitro benzene ring substituents is 2. The Labute approximate surface area is 156 Å². The van der Waals surface area contributed by atoms with Crippen LogP contribution in [0.15, 0.2) is 24.3 Å². The van der Waals surface area contributed by atoms with E-state index in [1.807, 2.05) is 0 Å². The summed E-state index contributed by atoms with van der Waals surface area (Å²) >= 11 is 11.2. The van der Waals surface area contributed by atoms with Gasteiger partial charge in [0, 0.05) is 18.2 Å². The molecule has 0 fully saturated rings. The van der Waals surface area contributed by atoms with E-state index in [-0.39, 0.29) is 27.2 Å². The van der Waals surface area contributed by atoms with E-state index in [1.165, 1.54) is 32.4 Å². The molecule has 0 spiro atoms. The molecule has 0 aliphatic rings. The Morgan fingerprint density at radius 3 is 1.96 bits per heavy atom. The summed E-state index contributed by atoms with van der Waals surface area (Å²) < 4.78 is 9.49. The molecule has 26 heavy (non-hydrogen) atoms. The van der Waals surface area contributed by atoms with E-state index in [4.69, 9.17) is 37.8 Å². The molecule has 0 aliphatic carbocycles. The van der Waals surface area contributed by atoms with Gasteiger partial charge in [-0.15, -0.1) is 0 Å². The van der Waals surface area contributed by atoms with Crippen LogP contribution in [-0.4, -0.2) is 34.3 Å². The van der Waals surface area contributed by atoms with Gasteiger partial charge in [0.1, 0.15) is 10.8 Å². The molecular formula is C14H12Cl2N2O8. The number of aromatic hydroxyl groups is 2. The molecule has 0 saturated carbocycles. The third-order valence-corrected chi connectivity index (χ3v) is 3.54. The van der Waals surface area contributed by atoms with E-state index in [0.29, 0.717) is 5.75 Å². The van der Waals surface area contributed by atoms with Crippen molar-refractivity contribution in [3.8, 4) is 23.0 Å². The maximum absolute atomic E-state index is 10.4. The molecule has 2 aromatic carbocycles. The van der Waals surface area contributed by atoms with Crippen molar-refractivity contribution in [2.45, 2.75) is 0 Å². The zero-order valence-electron chi connectivity index (χ0n) is 13.3. The summed E-state index contributed by atoms with van der Waals surface area (Å²) in [5.41, 5.74) is -0.878. The van der Waals surface area contributed by atoms with Crippen molar-refractivity contribution in [2.75, 3.05) is 14.2 Å². The molecule has 0 unspecified atom stereocenters. The lowest BCUT2D eigenvalue weighted by Gasteiger charge is -2.06. The van der Waals surface area contributed by atoms with Crippen LogP contribution >= 0.6 is 23.2 Å². The van der Waals surface area contributed by atoms with Crippen LogP contribution in [-0.2, 0) is 0 Å². The molecule has 2 rings (SSSR count). The minimum Gasteiger partial charge on any atom is -0.502 e. The summed E-state index contributed by atoms with van der Waals surface area (Å²) in [6, 6.07) is 4.77. The number of nitrogens with zero attached hydrogens (tertiary/aromatic N) is 2. The molecule has 0 saturated heterocycles. The van der Waals surface area contributed by atoms with E-state index < -0.39 is 21.3 Å². The van der Waals surface area contributed by atoms with Gasteiger partial charge in [0.15, 0.2) is 11.5 Å². The third kappa shape index (κ3) is 4.77. The standard InChI is InChI=1S/C7H5Cl2NO4.C7H7NO4/c1-14-7-3(8)2-4(10(12)13)6(11)5(7)9;1-12-5-2-3-6(8(10)11)7(9)4-5/h2,11H,1H3;2-4,9H,1H3. The van der Waals surface area contributed by atoms with E-state index in [0.717, 1.165) is 6.07 Å².